The molecular weight excluding hydrogens is 350 g/mol. The maximum Gasteiger partial charge on any atom is 0.214 e. The molecule has 0 fully saturated rings. The van der Waals surface area contributed by atoms with Crippen molar-refractivity contribution in [3.05, 3.63) is 54.1 Å². The number of rotatable bonds is 9. The molecule has 0 amide bonds. The van der Waals surface area contributed by atoms with Crippen LogP contribution in [0.15, 0.2) is 53.7 Å². The highest BCUT2D eigenvalue weighted by Gasteiger charge is 2.10. The maximum atomic E-state index is 5.43. The van der Waals surface area contributed by atoms with Gasteiger partial charge in [-0.3, -0.25) is 0 Å². The van der Waals surface area contributed by atoms with Gasteiger partial charge in [0.1, 0.15) is 18.0 Å². The second kappa shape index (κ2) is 9.21. The third-order valence-electron chi connectivity index (χ3n) is 3.85. The van der Waals surface area contributed by atoms with E-state index in [1.165, 1.54) is 0 Å². The van der Waals surface area contributed by atoms with Crippen molar-refractivity contribution in [1.82, 2.24) is 20.2 Å². The minimum Gasteiger partial charge on any atom is -0.497 e. The van der Waals surface area contributed by atoms with Gasteiger partial charge in [0.2, 0.25) is 5.16 Å². The molecule has 0 radical (unpaired) electrons. The predicted octanol–water partition coefficient (Wildman–Crippen LogP) is 1.54. The fourth-order valence-corrected chi connectivity index (χ4v) is 3.34. The van der Waals surface area contributed by atoms with E-state index in [1.807, 2.05) is 48.5 Å². The van der Waals surface area contributed by atoms with E-state index in [-0.39, 0.29) is 0 Å². The highest BCUT2D eigenvalue weighted by molar-refractivity contribution is 7.99. The van der Waals surface area contributed by atoms with Crippen molar-refractivity contribution in [3.8, 4) is 17.2 Å². The SMILES string of the molecule is COc1ccc(C[NH2+]CCSc2nnnn2-c2ccccc2)c(OC)c1. The summed E-state index contributed by atoms with van der Waals surface area (Å²) in [6, 6.07) is 15.8. The van der Waals surface area contributed by atoms with Gasteiger partial charge < -0.3 is 14.8 Å². The smallest absolute Gasteiger partial charge is 0.214 e. The second-order valence-corrected chi connectivity index (χ2v) is 6.58. The van der Waals surface area contributed by atoms with Gasteiger partial charge in [0, 0.05) is 11.6 Å². The van der Waals surface area contributed by atoms with Gasteiger partial charge in [0.05, 0.1) is 32.2 Å². The fraction of sp³-hybridized carbons (Fsp3) is 0.278. The van der Waals surface area contributed by atoms with Crippen LogP contribution in [-0.2, 0) is 6.54 Å². The summed E-state index contributed by atoms with van der Waals surface area (Å²) in [7, 11) is 3.33. The zero-order valence-electron chi connectivity index (χ0n) is 14.8. The van der Waals surface area contributed by atoms with Crippen LogP contribution in [-0.4, -0.2) is 46.7 Å². The molecule has 0 saturated carbocycles. The van der Waals surface area contributed by atoms with Crippen LogP contribution in [0.5, 0.6) is 11.5 Å². The first-order chi connectivity index (χ1) is 12.8. The Bertz CT molecular complexity index is 825. The van der Waals surface area contributed by atoms with Gasteiger partial charge in [-0.15, -0.1) is 5.10 Å². The van der Waals surface area contributed by atoms with Crippen molar-refractivity contribution >= 4 is 11.8 Å². The van der Waals surface area contributed by atoms with Crippen LogP contribution >= 0.6 is 11.8 Å². The van der Waals surface area contributed by atoms with Crippen LogP contribution in [0.25, 0.3) is 5.69 Å². The molecule has 136 valence electrons. The normalized spacial score (nSPS) is 10.7. The number of para-hydroxylation sites is 1. The van der Waals surface area contributed by atoms with E-state index < -0.39 is 0 Å². The van der Waals surface area contributed by atoms with Crippen LogP contribution in [0.2, 0.25) is 0 Å². The summed E-state index contributed by atoms with van der Waals surface area (Å²) in [4.78, 5) is 0. The predicted molar refractivity (Wildman–Crippen MR) is 99.9 cm³/mol. The first-order valence-corrected chi connectivity index (χ1v) is 9.29. The van der Waals surface area contributed by atoms with E-state index >= 15 is 0 Å². The van der Waals surface area contributed by atoms with E-state index in [2.05, 4.69) is 20.8 Å². The van der Waals surface area contributed by atoms with Crippen LogP contribution in [0.3, 0.4) is 0 Å². The lowest BCUT2D eigenvalue weighted by molar-refractivity contribution is -0.666. The van der Waals surface area contributed by atoms with Crippen molar-refractivity contribution in [2.75, 3.05) is 26.5 Å². The topological polar surface area (TPSA) is 78.7 Å². The average molecular weight is 372 g/mol. The number of aromatic nitrogens is 4. The summed E-state index contributed by atoms with van der Waals surface area (Å²) >= 11 is 1.64. The van der Waals surface area contributed by atoms with Gasteiger partial charge in [0.25, 0.3) is 0 Å². The Morgan fingerprint density at radius 2 is 1.92 bits per heavy atom. The van der Waals surface area contributed by atoms with Crippen LogP contribution in [0.4, 0.5) is 0 Å². The molecule has 0 aliphatic rings. The van der Waals surface area contributed by atoms with Crippen molar-refractivity contribution in [2.45, 2.75) is 11.7 Å². The lowest BCUT2D eigenvalue weighted by atomic mass is 10.2. The lowest BCUT2D eigenvalue weighted by Gasteiger charge is -2.09. The lowest BCUT2D eigenvalue weighted by Crippen LogP contribution is -2.83. The highest BCUT2D eigenvalue weighted by atomic mass is 32.2. The van der Waals surface area contributed by atoms with E-state index in [1.54, 1.807) is 30.7 Å². The number of hydrogen-bond acceptors (Lipinski definition) is 6. The summed E-state index contributed by atoms with van der Waals surface area (Å²) in [6.07, 6.45) is 0. The molecule has 0 unspecified atom stereocenters. The molecule has 3 rings (SSSR count). The molecular formula is C18H22N5O2S+. The molecule has 2 N–H and O–H groups in total. The number of tetrazole rings is 1. The molecule has 2 aromatic carbocycles. The summed E-state index contributed by atoms with van der Waals surface area (Å²) in [5.41, 5.74) is 2.11. The quantitative estimate of drug-likeness (QED) is 0.453. The first kappa shape index (κ1) is 18.2. The van der Waals surface area contributed by atoms with Crippen LogP contribution in [0.1, 0.15) is 5.56 Å². The molecule has 3 aromatic rings. The summed E-state index contributed by atoms with van der Waals surface area (Å²) in [6.45, 7) is 1.79. The van der Waals surface area contributed by atoms with E-state index in [0.29, 0.717) is 0 Å². The van der Waals surface area contributed by atoms with E-state index in [4.69, 9.17) is 9.47 Å². The Kier molecular flexibility index (Phi) is 6.45. The van der Waals surface area contributed by atoms with Crippen LogP contribution in [0, 0.1) is 0 Å². The van der Waals surface area contributed by atoms with Crippen molar-refractivity contribution < 1.29 is 14.8 Å². The zero-order chi connectivity index (χ0) is 18.2. The molecule has 0 saturated heterocycles. The third-order valence-corrected chi connectivity index (χ3v) is 4.81. The Morgan fingerprint density at radius 1 is 1.08 bits per heavy atom. The molecule has 0 aliphatic heterocycles. The number of ether oxygens (including phenoxy) is 2. The Labute approximate surface area is 156 Å². The van der Waals surface area contributed by atoms with Crippen LogP contribution < -0.4 is 14.8 Å². The van der Waals surface area contributed by atoms with Gasteiger partial charge in [-0.05, 0) is 34.7 Å². The zero-order valence-corrected chi connectivity index (χ0v) is 15.6. The number of hydrogen-bond donors (Lipinski definition) is 1. The third kappa shape index (κ3) is 4.53. The highest BCUT2D eigenvalue weighted by Crippen LogP contribution is 2.23. The van der Waals surface area contributed by atoms with Gasteiger partial charge in [-0.2, -0.15) is 4.68 Å². The summed E-state index contributed by atoms with van der Waals surface area (Å²) < 4.78 is 12.4. The first-order valence-electron chi connectivity index (χ1n) is 8.31. The molecule has 0 aliphatic carbocycles. The number of nitrogens with two attached hydrogens (primary N) is 1. The van der Waals surface area contributed by atoms with Crippen molar-refractivity contribution in [3.63, 3.8) is 0 Å². The molecule has 0 atom stereocenters. The fourth-order valence-electron chi connectivity index (χ4n) is 2.51. The number of methoxy groups -OCH3 is 2. The monoisotopic (exact) mass is 372 g/mol. The number of quaternary nitrogens is 1. The average Bonchev–Trinajstić information content (AvgIpc) is 3.17. The molecule has 8 heteroatoms. The van der Waals surface area contributed by atoms with Gasteiger partial charge >= 0.3 is 0 Å². The molecule has 0 bridgehead atoms. The number of thioether (sulfide) groups is 1. The molecule has 1 aromatic heterocycles. The Hall–Kier alpha value is -2.58. The molecule has 7 nitrogen and oxygen atoms in total. The van der Waals surface area contributed by atoms with Gasteiger partial charge in [0.15, 0.2) is 0 Å². The largest absolute Gasteiger partial charge is 0.497 e. The Balaban J connectivity index is 1.49. The standard InChI is InChI=1S/C18H21N5O2S/c1-24-16-9-8-14(17(12-16)25-2)13-19-10-11-26-18-20-21-22-23(18)15-6-4-3-5-7-15/h3-9,12,19H,10-11,13H2,1-2H3/p+1. The molecule has 0 spiro atoms. The van der Waals surface area contributed by atoms with E-state index in [9.17, 15) is 0 Å². The van der Waals surface area contributed by atoms with Crippen molar-refractivity contribution in [1.29, 1.82) is 0 Å². The second-order valence-electron chi connectivity index (χ2n) is 5.52. The number of benzene rings is 2. The molecule has 1 heterocycles. The minimum absolute atomic E-state index is 0.798. The van der Waals surface area contributed by atoms with Gasteiger partial charge in [-0.1, -0.05) is 30.0 Å². The summed E-state index contributed by atoms with van der Waals surface area (Å²) in [5.74, 6) is 2.56. The summed E-state index contributed by atoms with van der Waals surface area (Å²) in [5, 5.41) is 15.0. The maximum absolute atomic E-state index is 5.43. The Morgan fingerprint density at radius 3 is 2.69 bits per heavy atom. The van der Waals surface area contributed by atoms with Crippen molar-refractivity contribution in [2.24, 2.45) is 0 Å². The van der Waals surface area contributed by atoms with E-state index in [0.717, 1.165) is 46.7 Å². The van der Waals surface area contributed by atoms with Gasteiger partial charge in [-0.25, -0.2) is 0 Å². The number of nitrogens with zero attached hydrogens (tertiary/aromatic N) is 4. The minimum atomic E-state index is 0.798. The molecule has 26 heavy (non-hydrogen) atoms.